The lowest BCUT2D eigenvalue weighted by Gasteiger charge is -2.17. The van der Waals surface area contributed by atoms with Crippen LogP contribution in [0.5, 0.6) is 0 Å². The normalized spacial score (nSPS) is 35.8. The fourth-order valence-electron chi connectivity index (χ4n) is 0.601. The van der Waals surface area contributed by atoms with Crippen molar-refractivity contribution in [3.63, 3.8) is 0 Å². The predicted octanol–water partition coefficient (Wildman–Crippen LogP) is 0.378. The molecule has 1 heterocycles. The summed E-state index contributed by atoms with van der Waals surface area (Å²) >= 11 is 0. The summed E-state index contributed by atoms with van der Waals surface area (Å²) in [5.41, 5.74) is -0.700. The molecule has 1 atom stereocenters. The van der Waals surface area contributed by atoms with Crippen LogP contribution < -0.4 is 0 Å². The molecule has 1 aliphatic rings. The molecule has 44 valence electrons. The van der Waals surface area contributed by atoms with Crippen molar-refractivity contribution in [3.05, 3.63) is 12.2 Å². The van der Waals surface area contributed by atoms with Gasteiger partial charge in [-0.15, -0.1) is 0 Å². The van der Waals surface area contributed by atoms with Crippen molar-refractivity contribution in [3.8, 4) is 0 Å². The molecular formula is C6H9NO. The molecule has 1 N–H and O–H groups in total. The molecule has 0 radical (unpaired) electrons. The number of hydrogen-bond acceptors (Lipinski definition) is 2. The molecule has 0 aliphatic carbocycles. The number of rotatable bonds is 0. The topological polar surface area (TPSA) is 32.6 Å². The summed E-state index contributed by atoms with van der Waals surface area (Å²) in [6, 6.07) is 0. The Kier molecular flexibility index (Phi) is 1.18. The molecular weight excluding hydrogens is 102 g/mol. The first-order valence-electron chi connectivity index (χ1n) is 2.61. The van der Waals surface area contributed by atoms with Crippen LogP contribution in [0, 0.1) is 0 Å². The molecule has 2 nitrogen and oxygen atoms in total. The fraction of sp³-hybridized carbons (Fsp3) is 0.500. The quantitative estimate of drug-likeness (QED) is 0.481. The number of nitrogens with zero attached hydrogens (tertiary/aromatic N) is 1. The van der Waals surface area contributed by atoms with Crippen molar-refractivity contribution in [1.29, 1.82) is 0 Å². The second-order valence-corrected chi connectivity index (χ2v) is 2.21. The van der Waals surface area contributed by atoms with Crippen LogP contribution in [0.4, 0.5) is 0 Å². The van der Waals surface area contributed by atoms with Crippen LogP contribution in [0.2, 0.25) is 0 Å². The van der Waals surface area contributed by atoms with E-state index in [1.165, 1.54) is 0 Å². The largest absolute Gasteiger partial charge is 0.384 e. The van der Waals surface area contributed by atoms with E-state index in [1.54, 1.807) is 25.3 Å². The Morgan fingerprint density at radius 1 is 1.75 bits per heavy atom. The van der Waals surface area contributed by atoms with Crippen molar-refractivity contribution >= 4 is 6.21 Å². The second-order valence-electron chi connectivity index (χ2n) is 2.21. The van der Waals surface area contributed by atoms with E-state index in [2.05, 4.69) is 4.99 Å². The second kappa shape index (κ2) is 1.71. The van der Waals surface area contributed by atoms with Crippen LogP contribution >= 0.6 is 0 Å². The zero-order chi connectivity index (χ0) is 6.04. The van der Waals surface area contributed by atoms with Gasteiger partial charge < -0.3 is 5.11 Å². The molecule has 0 aromatic heterocycles. The Labute approximate surface area is 48.6 Å². The molecule has 2 heteroatoms. The third-order valence-electron chi connectivity index (χ3n) is 1.06. The van der Waals surface area contributed by atoms with E-state index in [0.717, 1.165) is 0 Å². The molecule has 0 amide bonds. The number of aliphatic imine (C=N–C) groups is 1. The van der Waals surface area contributed by atoms with Gasteiger partial charge in [-0.25, -0.2) is 0 Å². The van der Waals surface area contributed by atoms with E-state index >= 15 is 0 Å². The van der Waals surface area contributed by atoms with E-state index in [9.17, 15) is 5.11 Å². The summed E-state index contributed by atoms with van der Waals surface area (Å²) in [5.74, 6) is 0. The number of allylic oxidation sites excluding steroid dienone is 1. The van der Waals surface area contributed by atoms with Crippen molar-refractivity contribution in [2.45, 2.75) is 12.5 Å². The van der Waals surface area contributed by atoms with Crippen molar-refractivity contribution in [2.75, 3.05) is 6.54 Å². The highest BCUT2D eigenvalue weighted by molar-refractivity contribution is 5.72. The van der Waals surface area contributed by atoms with Gasteiger partial charge in [0.25, 0.3) is 0 Å². The smallest absolute Gasteiger partial charge is 0.0997 e. The highest BCUT2D eigenvalue weighted by Crippen LogP contribution is 2.07. The first-order valence-corrected chi connectivity index (χ1v) is 2.61. The molecule has 0 bridgehead atoms. The average molecular weight is 111 g/mol. The Morgan fingerprint density at radius 3 is 2.75 bits per heavy atom. The minimum Gasteiger partial charge on any atom is -0.384 e. The van der Waals surface area contributed by atoms with Crippen molar-refractivity contribution in [2.24, 2.45) is 4.99 Å². The van der Waals surface area contributed by atoms with Crippen LogP contribution in [0.25, 0.3) is 0 Å². The van der Waals surface area contributed by atoms with Gasteiger partial charge in [-0.1, -0.05) is 6.08 Å². The van der Waals surface area contributed by atoms with Crippen LogP contribution in [-0.4, -0.2) is 23.5 Å². The lowest BCUT2D eigenvalue weighted by molar-refractivity contribution is 0.121. The summed E-state index contributed by atoms with van der Waals surface area (Å²) in [5, 5.41) is 9.17. The minimum atomic E-state index is -0.700. The molecule has 0 saturated carbocycles. The van der Waals surface area contributed by atoms with Gasteiger partial charge in [0, 0.05) is 6.21 Å². The Bertz CT molecular complexity index is 135. The van der Waals surface area contributed by atoms with Gasteiger partial charge in [-0.2, -0.15) is 0 Å². The van der Waals surface area contributed by atoms with E-state index in [1.807, 2.05) is 0 Å². The molecule has 0 saturated heterocycles. The Morgan fingerprint density at radius 2 is 2.50 bits per heavy atom. The molecule has 0 aromatic carbocycles. The van der Waals surface area contributed by atoms with Crippen LogP contribution in [-0.2, 0) is 0 Å². The molecule has 1 rings (SSSR count). The molecule has 0 aromatic rings. The molecule has 0 fully saturated rings. The standard InChI is InChI=1S/C6H9NO/c1-6(8)3-2-4-7-5-6/h2-4,8H,5H2,1H3. The van der Waals surface area contributed by atoms with Gasteiger partial charge in [0.05, 0.1) is 12.1 Å². The van der Waals surface area contributed by atoms with E-state index in [-0.39, 0.29) is 0 Å². The number of hydrogen-bond donors (Lipinski definition) is 1. The highest BCUT2D eigenvalue weighted by Gasteiger charge is 2.15. The third-order valence-corrected chi connectivity index (χ3v) is 1.06. The first kappa shape index (κ1) is 5.51. The zero-order valence-electron chi connectivity index (χ0n) is 4.83. The van der Waals surface area contributed by atoms with Gasteiger partial charge in [-0.05, 0) is 13.0 Å². The maximum absolute atomic E-state index is 9.17. The van der Waals surface area contributed by atoms with E-state index in [0.29, 0.717) is 6.54 Å². The number of dihydropyridines is 1. The van der Waals surface area contributed by atoms with Crippen LogP contribution in [0.1, 0.15) is 6.92 Å². The SMILES string of the molecule is CC1(O)C=CC=NC1. The first-order chi connectivity index (χ1) is 3.71. The third kappa shape index (κ3) is 1.17. The van der Waals surface area contributed by atoms with Gasteiger partial charge in [-0.3, -0.25) is 4.99 Å². The van der Waals surface area contributed by atoms with Crippen LogP contribution in [0.3, 0.4) is 0 Å². The summed E-state index contributed by atoms with van der Waals surface area (Å²) < 4.78 is 0. The van der Waals surface area contributed by atoms with Gasteiger partial charge in [0.1, 0.15) is 0 Å². The van der Waals surface area contributed by atoms with Gasteiger partial charge in [0.15, 0.2) is 0 Å². The monoisotopic (exact) mass is 111 g/mol. The lowest BCUT2D eigenvalue weighted by Crippen LogP contribution is -2.26. The van der Waals surface area contributed by atoms with Crippen molar-refractivity contribution < 1.29 is 5.11 Å². The van der Waals surface area contributed by atoms with Crippen molar-refractivity contribution in [1.82, 2.24) is 0 Å². The summed E-state index contributed by atoms with van der Waals surface area (Å²) in [4.78, 5) is 3.87. The summed E-state index contributed by atoms with van der Waals surface area (Å²) in [6.45, 7) is 2.23. The van der Waals surface area contributed by atoms with Crippen LogP contribution in [0.15, 0.2) is 17.1 Å². The molecule has 1 unspecified atom stereocenters. The zero-order valence-corrected chi connectivity index (χ0v) is 4.83. The maximum atomic E-state index is 9.17. The molecule has 8 heavy (non-hydrogen) atoms. The highest BCUT2D eigenvalue weighted by atomic mass is 16.3. The fourth-order valence-corrected chi connectivity index (χ4v) is 0.601. The molecule has 0 spiro atoms. The van der Waals surface area contributed by atoms with E-state index in [4.69, 9.17) is 0 Å². The maximum Gasteiger partial charge on any atom is 0.0997 e. The lowest BCUT2D eigenvalue weighted by atomic mass is 10.1. The van der Waals surface area contributed by atoms with Gasteiger partial charge in [0.2, 0.25) is 0 Å². The van der Waals surface area contributed by atoms with Gasteiger partial charge >= 0.3 is 0 Å². The number of aliphatic hydroxyl groups is 1. The summed E-state index contributed by atoms with van der Waals surface area (Å²) in [6.07, 6.45) is 5.18. The van der Waals surface area contributed by atoms with E-state index < -0.39 is 5.60 Å². The average Bonchev–Trinajstić information content (AvgIpc) is 1.65. The summed E-state index contributed by atoms with van der Waals surface area (Å²) in [7, 11) is 0. The predicted molar refractivity (Wildman–Crippen MR) is 33.1 cm³/mol. The Balaban J connectivity index is 2.65. The Hall–Kier alpha value is -0.630. The molecule has 1 aliphatic heterocycles. The minimum absolute atomic E-state index is 0.490.